The van der Waals surface area contributed by atoms with Gasteiger partial charge in [-0.1, -0.05) is 27.7 Å². The number of amides is 2. The fourth-order valence-electron chi connectivity index (χ4n) is 1.81. The lowest BCUT2D eigenvalue weighted by Gasteiger charge is -2.34. The van der Waals surface area contributed by atoms with Gasteiger partial charge in [-0.05, 0) is 12.3 Å². The maximum atomic E-state index is 11.9. The minimum Gasteiger partial charge on any atom is -0.391 e. The number of rotatable bonds is 2. The van der Waals surface area contributed by atoms with E-state index in [1.54, 1.807) is 25.7 Å². The van der Waals surface area contributed by atoms with Crippen molar-refractivity contribution >= 4 is 11.8 Å². The topological polar surface area (TPSA) is 69.6 Å². The molecule has 1 fully saturated rings. The molecule has 1 saturated heterocycles. The van der Waals surface area contributed by atoms with Crippen LogP contribution in [0.4, 0.5) is 0 Å². The molecule has 1 rings (SSSR count). The molecule has 0 radical (unpaired) electrons. The summed E-state index contributed by atoms with van der Waals surface area (Å²) in [4.78, 5) is 25.1. The molecule has 1 aliphatic heterocycles. The fraction of sp³-hybridized carbons (Fsp3) is 0.846. The van der Waals surface area contributed by atoms with Crippen LogP contribution in [0, 0.1) is 11.3 Å². The molecule has 2 atom stereocenters. The first kappa shape index (κ1) is 15.0. The van der Waals surface area contributed by atoms with E-state index in [9.17, 15) is 14.7 Å². The number of nitrogens with one attached hydrogen (secondary N) is 1. The summed E-state index contributed by atoms with van der Waals surface area (Å²) in [5.74, 6) is -0.0291. The van der Waals surface area contributed by atoms with Crippen LogP contribution in [0.2, 0.25) is 0 Å². The van der Waals surface area contributed by atoms with Gasteiger partial charge in [-0.3, -0.25) is 9.59 Å². The van der Waals surface area contributed by atoms with Gasteiger partial charge in [-0.2, -0.15) is 0 Å². The van der Waals surface area contributed by atoms with Gasteiger partial charge in [-0.15, -0.1) is 0 Å². The van der Waals surface area contributed by atoms with Gasteiger partial charge in [0.05, 0.1) is 12.6 Å². The molecule has 0 saturated carbocycles. The molecular formula is C13H24N2O3. The first-order chi connectivity index (χ1) is 8.21. The van der Waals surface area contributed by atoms with Gasteiger partial charge in [0, 0.05) is 18.5 Å². The van der Waals surface area contributed by atoms with Crippen molar-refractivity contribution in [1.82, 2.24) is 10.2 Å². The maximum absolute atomic E-state index is 11.9. The summed E-state index contributed by atoms with van der Waals surface area (Å²) < 4.78 is 0. The molecule has 0 bridgehead atoms. The lowest BCUT2D eigenvalue weighted by molar-refractivity contribution is -0.138. The van der Waals surface area contributed by atoms with E-state index in [0.29, 0.717) is 13.1 Å². The standard InChI is InChI=1S/C13H24N2O3/c1-9-5-6-15(8-10(9)16)11(17)7-14-12(18)13(2,3)4/h9-10,16H,5-8H2,1-4H3,(H,14,18). The summed E-state index contributed by atoms with van der Waals surface area (Å²) in [6.45, 7) is 8.43. The normalized spacial score (nSPS) is 24.8. The average molecular weight is 256 g/mol. The minimum absolute atomic E-state index is 0.0111. The number of hydrogen-bond donors (Lipinski definition) is 2. The summed E-state index contributed by atoms with van der Waals surface area (Å²) >= 11 is 0. The van der Waals surface area contributed by atoms with Crippen molar-refractivity contribution in [3.63, 3.8) is 0 Å². The van der Waals surface area contributed by atoms with Crippen LogP contribution >= 0.6 is 0 Å². The Morgan fingerprint density at radius 2 is 2.00 bits per heavy atom. The van der Waals surface area contributed by atoms with E-state index in [0.717, 1.165) is 6.42 Å². The zero-order valence-electron chi connectivity index (χ0n) is 11.7. The quantitative estimate of drug-likeness (QED) is 0.750. The number of nitrogens with zero attached hydrogens (tertiary/aromatic N) is 1. The second-order valence-corrected chi connectivity index (χ2v) is 6.11. The average Bonchev–Trinajstić information content (AvgIpc) is 2.27. The van der Waals surface area contributed by atoms with Crippen LogP contribution in [-0.4, -0.2) is 47.6 Å². The third kappa shape index (κ3) is 3.98. The van der Waals surface area contributed by atoms with Crippen molar-refractivity contribution in [1.29, 1.82) is 0 Å². The number of likely N-dealkylation sites (tertiary alicyclic amines) is 1. The van der Waals surface area contributed by atoms with Gasteiger partial charge in [0.25, 0.3) is 0 Å². The van der Waals surface area contributed by atoms with Crippen LogP contribution in [-0.2, 0) is 9.59 Å². The Balaban J connectivity index is 2.40. The Kier molecular flexibility index (Phi) is 4.73. The lowest BCUT2D eigenvalue weighted by atomic mass is 9.95. The Morgan fingerprint density at radius 3 is 2.50 bits per heavy atom. The molecule has 1 aliphatic rings. The monoisotopic (exact) mass is 256 g/mol. The smallest absolute Gasteiger partial charge is 0.242 e. The molecule has 0 aromatic rings. The SMILES string of the molecule is CC1CCN(C(=O)CNC(=O)C(C)(C)C)CC1O. The van der Waals surface area contributed by atoms with E-state index >= 15 is 0 Å². The lowest BCUT2D eigenvalue weighted by Crippen LogP contribution is -2.50. The molecule has 0 aliphatic carbocycles. The van der Waals surface area contributed by atoms with Gasteiger partial charge < -0.3 is 15.3 Å². The number of β-amino-alcohol motifs (C(OH)–C–C–N with tert-alkyl or cyclic N) is 1. The summed E-state index contributed by atoms with van der Waals surface area (Å²) in [6.07, 6.45) is 0.348. The number of aliphatic hydroxyl groups excluding tert-OH is 1. The van der Waals surface area contributed by atoms with Crippen molar-refractivity contribution in [2.45, 2.75) is 40.2 Å². The Bertz CT molecular complexity index is 323. The predicted octanol–water partition coefficient (Wildman–Crippen LogP) is 0.378. The number of carbonyl (C=O) groups excluding carboxylic acids is 2. The summed E-state index contributed by atoms with van der Waals surface area (Å²) in [7, 11) is 0. The highest BCUT2D eigenvalue weighted by molar-refractivity contribution is 5.87. The predicted molar refractivity (Wildman–Crippen MR) is 68.8 cm³/mol. The molecule has 104 valence electrons. The number of aliphatic hydroxyl groups is 1. The van der Waals surface area contributed by atoms with E-state index in [1.807, 2.05) is 6.92 Å². The highest BCUT2D eigenvalue weighted by atomic mass is 16.3. The molecule has 5 heteroatoms. The van der Waals surface area contributed by atoms with Crippen LogP contribution in [0.25, 0.3) is 0 Å². The van der Waals surface area contributed by atoms with Gasteiger partial charge >= 0.3 is 0 Å². The van der Waals surface area contributed by atoms with Gasteiger partial charge in [0.1, 0.15) is 0 Å². The van der Waals surface area contributed by atoms with Crippen LogP contribution in [0.1, 0.15) is 34.1 Å². The number of hydrogen-bond acceptors (Lipinski definition) is 3. The molecule has 2 amide bonds. The molecule has 2 N–H and O–H groups in total. The minimum atomic E-state index is -0.490. The fourth-order valence-corrected chi connectivity index (χ4v) is 1.81. The second kappa shape index (κ2) is 5.69. The molecule has 5 nitrogen and oxygen atoms in total. The molecule has 1 heterocycles. The van der Waals surface area contributed by atoms with Gasteiger partial charge in [-0.25, -0.2) is 0 Å². The Labute approximate surface area is 109 Å². The third-order valence-electron chi connectivity index (χ3n) is 3.35. The van der Waals surface area contributed by atoms with Crippen LogP contribution in [0.3, 0.4) is 0 Å². The first-order valence-corrected chi connectivity index (χ1v) is 6.46. The van der Waals surface area contributed by atoms with Crippen molar-refractivity contribution in [3.05, 3.63) is 0 Å². The zero-order chi connectivity index (χ0) is 13.9. The largest absolute Gasteiger partial charge is 0.391 e. The van der Waals surface area contributed by atoms with E-state index in [-0.39, 0.29) is 24.3 Å². The molecule has 0 aromatic heterocycles. The van der Waals surface area contributed by atoms with Crippen molar-refractivity contribution in [3.8, 4) is 0 Å². The number of carbonyl (C=O) groups is 2. The highest BCUT2D eigenvalue weighted by Gasteiger charge is 2.28. The zero-order valence-corrected chi connectivity index (χ0v) is 11.7. The van der Waals surface area contributed by atoms with Gasteiger partial charge in [0.15, 0.2) is 0 Å². The summed E-state index contributed by atoms with van der Waals surface area (Å²) in [5.41, 5.74) is -0.490. The molecule has 2 unspecified atom stereocenters. The van der Waals surface area contributed by atoms with Crippen LogP contribution < -0.4 is 5.32 Å². The van der Waals surface area contributed by atoms with Crippen LogP contribution in [0.15, 0.2) is 0 Å². The Hall–Kier alpha value is -1.10. The van der Waals surface area contributed by atoms with Crippen LogP contribution in [0.5, 0.6) is 0 Å². The number of piperidine rings is 1. The highest BCUT2D eigenvalue weighted by Crippen LogP contribution is 2.17. The van der Waals surface area contributed by atoms with E-state index in [1.165, 1.54) is 0 Å². The van der Waals surface area contributed by atoms with Crippen molar-refractivity contribution in [2.24, 2.45) is 11.3 Å². The summed E-state index contributed by atoms with van der Waals surface area (Å²) in [6, 6.07) is 0. The Morgan fingerprint density at radius 1 is 1.39 bits per heavy atom. The van der Waals surface area contributed by atoms with E-state index in [4.69, 9.17) is 0 Å². The van der Waals surface area contributed by atoms with E-state index in [2.05, 4.69) is 5.32 Å². The van der Waals surface area contributed by atoms with Gasteiger partial charge in [0.2, 0.25) is 11.8 Å². The third-order valence-corrected chi connectivity index (χ3v) is 3.35. The molecule has 18 heavy (non-hydrogen) atoms. The van der Waals surface area contributed by atoms with Crippen molar-refractivity contribution < 1.29 is 14.7 Å². The van der Waals surface area contributed by atoms with E-state index < -0.39 is 11.5 Å². The first-order valence-electron chi connectivity index (χ1n) is 6.46. The maximum Gasteiger partial charge on any atom is 0.242 e. The molecule has 0 aromatic carbocycles. The second-order valence-electron chi connectivity index (χ2n) is 6.11. The summed E-state index contributed by atoms with van der Waals surface area (Å²) in [5, 5.41) is 12.4. The molecule has 0 spiro atoms. The van der Waals surface area contributed by atoms with Crippen molar-refractivity contribution in [2.75, 3.05) is 19.6 Å². The molecular weight excluding hydrogens is 232 g/mol.